The van der Waals surface area contributed by atoms with E-state index in [-0.39, 0.29) is 5.56 Å². The van der Waals surface area contributed by atoms with Gasteiger partial charge in [-0.15, -0.1) is 0 Å². The van der Waals surface area contributed by atoms with Crippen LogP contribution in [0.1, 0.15) is 55.7 Å². The number of hydrogen-bond acceptors (Lipinski definition) is 4. The summed E-state index contributed by atoms with van der Waals surface area (Å²) in [4.78, 5) is 18.4. The van der Waals surface area contributed by atoms with Gasteiger partial charge in [0.15, 0.2) is 0 Å². The summed E-state index contributed by atoms with van der Waals surface area (Å²) >= 11 is 0. The first-order valence-electron chi connectivity index (χ1n) is 11.1. The molecule has 3 saturated heterocycles. The summed E-state index contributed by atoms with van der Waals surface area (Å²) in [7, 11) is 0. The molecule has 146 valence electrons. The molecule has 0 aromatic carbocycles. The average Bonchev–Trinajstić information content (AvgIpc) is 2.95. The lowest BCUT2D eigenvalue weighted by molar-refractivity contribution is -0.0412. The third kappa shape index (κ3) is 2.90. The smallest absolute Gasteiger partial charge is 0.255 e. The molecule has 4 bridgehead atoms. The Morgan fingerprint density at radius 1 is 0.963 bits per heavy atom. The maximum absolute atomic E-state index is 13.3. The topological polar surface area (TPSA) is 37.7 Å². The molecule has 6 rings (SSSR count). The van der Waals surface area contributed by atoms with E-state index in [4.69, 9.17) is 4.74 Å². The Balaban J connectivity index is 1.23. The highest BCUT2D eigenvalue weighted by atomic mass is 16.5. The zero-order valence-corrected chi connectivity index (χ0v) is 16.2. The Morgan fingerprint density at radius 2 is 1.78 bits per heavy atom. The second-order valence-corrected chi connectivity index (χ2v) is 9.69. The molecule has 0 amide bonds. The van der Waals surface area contributed by atoms with E-state index in [1.165, 1.54) is 50.8 Å². The fourth-order valence-corrected chi connectivity index (χ4v) is 6.27. The van der Waals surface area contributed by atoms with Crippen molar-refractivity contribution >= 4 is 0 Å². The van der Waals surface area contributed by atoms with Crippen molar-refractivity contribution < 1.29 is 4.74 Å². The molecule has 5 nitrogen and oxygen atoms in total. The lowest BCUT2D eigenvalue weighted by Crippen LogP contribution is -2.52. The molecule has 0 unspecified atom stereocenters. The molecule has 5 aliphatic rings. The fourth-order valence-electron chi connectivity index (χ4n) is 6.27. The Hall–Kier alpha value is -1.17. The number of nitrogens with zero attached hydrogens (tertiary/aromatic N) is 3. The van der Waals surface area contributed by atoms with E-state index in [2.05, 4.69) is 26.5 Å². The highest BCUT2D eigenvalue weighted by Crippen LogP contribution is 2.38. The minimum atomic E-state index is 0.276. The quantitative estimate of drug-likeness (QED) is 0.819. The Bertz CT molecular complexity index is 774. The molecular formula is C22H31N3O2. The fraction of sp³-hybridized carbons (Fsp3) is 0.773. The highest BCUT2D eigenvalue weighted by molar-refractivity contribution is 5.22. The number of likely N-dealkylation sites (tertiary alicyclic amines) is 2. The van der Waals surface area contributed by atoms with Gasteiger partial charge in [0.25, 0.3) is 5.56 Å². The van der Waals surface area contributed by atoms with Crippen LogP contribution in [0.15, 0.2) is 16.9 Å². The van der Waals surface area contributed by atoms with Crippen LogP contribution in [-0.2, 0) is 17.8 Å². The van der Waals surface area contributed by atoms with E-state index in [1.54, 1.807) is 0 Å². The van der Waals surface area contributed by atoms with E-state index in [0.29, 0.717) is 24.0 Å². The second-order valence-electron chi connectivity index (χ2n) is 9.69. The van der Waals surface area contributed by atoms with Crippen LogP contribution in [0.4, 0.5) is 0 Å². The van der Waals surface area contributed by atoms with Gasteiger partial charge in [-0.05, 0) is 44.1 Å². The van der Waals surface area contributed by atoms with E-state index >= 15 is 0 Å². The standard InChI is InChI=1S/C22H31N3O2/c26-22-16(11-23-13-19-5-6-20(14-23)27-19)4-7-21-17-8-15(10-25(21)22)9-24(12-17)18-2-1-3-18/h4,7,15,17-20H,1-3,5-6,8-14H2/t15-,17+,19-,20+/m0/s1. The molecule has 1 aliphatic carbocycles. The maximum atomic E-state index is 13.3. The normalized spacial score (nSPS) is 36.4. The van der Waals surface area contributed by atoms with Gasteiger partial charge < -0.3 is 9.30 Å². The van der Waals surface area contributed by atoms with Crippen LogP contribution in [0, 0.1) is 5.92 Å². The van der Waals surface area contributed by atoms with Crippen molar-refractivity contribution in [2.45, 2.75) is 75.8 Å². The van der Waals surface area contributed by atoms with E-state index in [1.807, 2.05) is 0 Å². The van der Waals surface area contributed by atoms with Crippen molar-refractivity contribution in [1.82, 2.24) is 14.4 Å². The Labute approximate surface area is 161 Å². The minimum absolute atomic E-state index is 0.276. The van der Waals surface area contributed by atoms with Gasteiger partial charge in [-0.2, -0.15) is 0 Å². The average molecular weight is 370 g/mol. The van der Waals surface area contributed by atoms with Gasteiger partial charge in [0.05, 0.1) is 12.2 Å². The van der Waals surface area contributed by atoms with Crippen LogP contribution < -0.4 is 5.56 Å². The highest BCUT2D eigenvalue weighted by Gasteiger charge is 2.39. The molecule has 5 heteroatoms. The zero-order valence-electron chi connectivity index (χ0n) is 16.2. The number of hydrogen-bond donors (Lipinski definition) is 0. The number of pyridine rings is 1. The second kappa shape index (κ2) is 6.43. The van der Waals surface area contributed by atoms with Gasteiger partial charge in [0.2, 0.25) is 0 Å². The molecule has 1 aromatic heterocycles. The van der Waals surface area contributed by atoms with Crippen molar-refractivity contribution in [3.8, 4) is 0 Å². The van der Waals surface area contributed by atoms with Crippen molar-refractivity contribution in [3.63, 3.8) is 0 Å². The monoisotopic (exact) mass is 369 g/mol. The molecule has 0 N–H and O–H groups in total. The summed E-state index contributed by atoms with van der Waals surface area (Å²) in [5.74, 6) is 1.21. The van der Waals surface area contributed by atoms with E-state index in [0.717, 1.165) is 44.3 Å². The van der Waals surface area contributed by atoms with Gasteiger partial charge in [0, 0.05) is 62.5 Å². The van der Waals surface area contributed by atoms with Crippen LogP contribution in [-0.4, -0.2) is 58.8 Å². The number of rotatable bonds is 3. The number of ether oxygens (including phenoxy) is 1. The van der Waals surface area contributed by atoms with Crippen LogP contribution >= 0.6 is 0 Å². The first kappa shape index (κ1) is 16.8. The molecular weight excluding hydrogens is 338 g/mol. The first-order valence-corrected chi connectivity index (χ1v) is 11.1. The van der Waals surface area contributed by atoms with Crippen LogP contribution in [0.3, 0.4) is 0 Å². The third-order valence-corrected chi connectivity index (χ3v) is 7.82. The van der Waals surface area contributed by atoms with Gasteiger partial charge in [0.1, 0.15) is 0 Å². The van der Waals surface area contributed by atoms with Crippen LogP contribution in [0.5, 0.6) is 0 Å². The first-order chi connectivity index (χ1) is 13.2. The molecule has 4 fully saturated rings. The number of aromatic nitrogens is 1. The minimum Gasteiger partial charge on any atom is -0.372 e. The zero-order chi connectivity index (χ0) is 18.0. The van der Waals surface area contributed by atoms with Crippen molar-refractivity contribution in [2.75, 3.05) is 26.2 Å². The largest absolute Gasteiger partial charge is 0.372 e. The number of fused-ring (bicyclic) bond motifs is 6. The summed E-state index contributed by atoms with van der Waals surface area (Å²) in [6.07, 6.45) is 8.59. The summed E-state index contributed by atoms with van der Waals surface area (Å²) in [5.41, 5.74) is 2.56. The lowest BCUT2D eigenvalue weighted by Gasteiger charge is -2.48. The molecule has 1 aromatic rings. The maximum Gasteiger partial charge on any atom is 0.255 e. The summed E-state index contributed by atoms with van der Waals surface area (Å²) < 4.78 is 8.09. The predicted octanol–water partition coefficient (Wildman–Crippen LogP) is 2.18. The Kier molecular flexibility index (Phi) is 3.99. The SMILES string of the molecule is O=c1c(CN2C[C@H]3CC[C@@H](C2)O3)ccc2n1C[C@H]1C[C@@H]2CN(C2CCC2)C1. The van der Waals surface area contributed by atoms with Gasteiger partial charge in [-0.25, -0.2) is 0 Å². The van der Waals surface area contributed by atoms with E-state index in [9.17, 15) is 4.79 Å². The molecule has 0 radical (unpaired) electrons. The van der Waals surface area contributed by atoms with Crippen LogP contribution in [0.2, 0.25) is 0 Å². The molecule has 4 atom stereocenters. The molecule has 0 spiro atoms. The molecule has 27 heavy (non-hydrogen) atoms. The van der Waals surface area contributed by atoms with Gasteiger partial charge in [-0.3, -0.25) is 14.6 Å². The lowest BCUT2D eigenvalue weighted by atomic mass is 9.80. The molecule has 5 heterocycles. The van der Waals surface area contributed by atoms with Crippen molar-refractivity contribution in [3.05, 3.63) is 33.7 Å². The van der Waals surface area contributed by atoms with Gasteiger partial charge in [-0.1, -0.05) is 12.5 Å². The molecule has 1 saturated carbocycles. The van der Waals surface area contributed by atoms with Crippen molar-refractivity contribution in [2.24, 2.45) is 5.92 Å². The molecule has 4 aliphatic heterocycles. The number of morpholine rings is 1. The number of piperidine rings is 1. The summed E-state index contributed by atoms with van der Waals surface area (Å²) in [6, 6.07) is 5.23. The summed E-state index contributed by atoms with van der Waals surface area (Å²) in [5, 5.41) is 0. The van der Waals surface area contributed by atoms with Crippen molar-refractivity contribution in [1.29, 1.82) is 0 Å². The summed E-state index contributed by atoms with van der Waals surface area (Å²) in [6.45, 7) is 6.05. The third-order valence-electron chi connectivity index (χ3n) is 7.82. The van der Waals surface area contributed by atoms with Gasteiger partial charge >= 0.3 is 0 Å². The van der Waals surface area contributed by atoms with Crippen LogP contribution in [0.25, 0.3) is 0 Å². The predicted molar refractivity (Wildman–Crippen MR) is 104 cm³/mol. The Morgan fingerprint density at radius 3 is 2.52 bits per heavy atom. The van der Waals surface area contributed by atoms with E-state index < -0.39 is 0 Å².